The molecule has 4 aromatic rings. The summed E-state index contributed by atoms with van der Waals surface area (Å²) >= 11 is 0. The van der Waals surface area contributed by atoms with Crippen molar-refractivity contribution in [2.24, 2.45) is 0 Å². The predicted molar refractivity (Wildman–Crippen MR) is 109 cm³/mol. The normalized spacial score (nSPS) is 10.6. The number of para-hydroxylation sites is 1. The molecule has 5 nitrogen and oxygen atoms in total. The molecule has 3 aromatic carbocycles. The molecule has 0 fully saturated rings. The van der Waals surface area contributed by atoms with Gasteiger partial charge in [-0.05, 0) is 61.0 Å². The van der Waals surface area contributed by atoms with E-state index in [1.54, 1.807) is 0 Å². The third kappa shape index (κ3) is 3.77. The first-order valence-corrected chi connectivity index (χ1v) is 8.67. The first-order valence-electron chi connectivity index (χ1n) is 8.67. The molecule has 0 spiro atoms. The van der Waals surface area contributed by atoms with Crippen LogP contribution in [-0.4, -0.2) is 11.0 Å². The van der Waals surface area contributed by atoms with Crippen molar-refractivity contribution >= 4 is 28.3 Å². The maximum absolute atomic E-state index is 12.4. The van der Waals surface area contributed by atoms with E-state index >= 15 is 0 Å². The minimum Gasteiger partial charge on any atom is -0.457 e. The standard InChI is InChI=1S/C22H19N3O2/c1-15-14-16(10-11-21(15)27-17-6-3-2-4-7-17)24-22(26)25-20-9-5-8-19-18(20)12-13-23-19/h2-14,23H,1H3,(H2,24,25,26). The lowest BCUT2D eigenvalue weighted by Gasteiger charge is -2.12. The Morgan fingerprint density at radius 2 is 1.78 bits per heavy atom. The van der Waals surface area contributed by atoms with Gasteiger partial charge in [0.1, 0.15) is 11.5 Å². The number of anilines is 2. The smallest absolute Gasteiger partial charge is 0.323 e. The molecule has 0 atom stereocenters. The second kappa shape index (κ2) is 7.25. The van der Waals surface area contributed by atoms with Crippen molar-refractivity contribution in [3.63, 3.8) is 0 Å². The minimum absolute atomic E-state index is 0.292. The third-order valence-electron chi connectivity index (χ3n) is 4.25. The summed E-state index contributed by atoms with van der Waals surface area (Å²) in [6.07, 6.45) is 1.85. The number of ether oxygens (including phenoxy) is 1. The number of hydrogen-bond donors (Lipinski definition) is 3. The van der Waals surface area contributed by atoms with Crippen LogP contribution in [0.5, 0.6) is 11.5 Å². The van der Waals surface area contributed by atoms with Crippen molar-refractivity contribution in [1.82, 2.24) is 4.98 Å². The molecule has 0 aliphatic rings. The predicted octanol–water partition coefficient (Wildman–Crippen LogP) is 5.91. The molecule has 1 aromatic heterocycles. The van der Waals surface area contributed by atoms with Gasteiger partial charge in [0.25, 0.3) is 0 Å². The van der Waals surface area contributed by atoms with E-state index in [2.05, 4.69) is 15.6 Å². The van der Waals surface area contributed by atoms with E-state index in [1.165, 1.54) is 0 Å². The highest BCUT2D eigenvalue weighted by Crippen LogP contribution is 2.27. The molecule has 134 valence electrons. The van der Waals surface area contributed by atoms with Crippen LogP contribution in [0.2, 0.25) is 0 Å². The number of hydrogen-bond acceptors (Lipinski definition) is 2. The topological polar surface area (TPSA) is 66.2 Å². The number of carbonyl (C=O) groups excluding carboxylic acids is 1. The molecular formula is C22H19N3O2. The number of aromatic nitrogens is 1. The molecule has 0 saturated heterocycles. The van der Waals surface area contributed by atoms with Gasteiger partial charge in [-0.15, -0.1) is 0 Å². The molecule has 3 N–H and O–H groups in total. The van der Waals surface area contributed by atoms with Crippen molar-refractivity contribution in [2.45, 2.75) is 6.92 Å². The van der Waals surface area contributed by atoms with E-state index in [0.717, 1.165) is 33.7 Å². The Kier molecular flexibility index (Phi) is 4.49. The highest BCUT2D eigenvalue weighted by Gasteiger charge is 2.08. The van der Waals surface area contributed by atoms with E-state index in [4.69, 9.17) is 4.74 Å². The van der Waals surface area contributed by atoms with Crippen LogP contribution in [0.15, 0.2) is 79.0 Å². The molecular weight excluding hydrogens is 338 g/mol. The van der Waals surface area contributed by atoms with Crippen LogP contribution in [0.4, 0.5) is 16.2 Å². The van der Waals surface area contributed by atoms with Crippen LogP contribution in [-0.2, 0) is 0 Å². The maximum atomic E-state index is 12.4. The number of carbonyl (C=O) groups is 1. The Morgan fingerprint density at radius 3 is 2.59 bits per heavy atom. The molecule has 0 unspecified atom stereocenters. The molecule has 1 heterocycles. The van der Waals surface area contributed by atoms with Gasteiger partial charge in [0.2, 0.25) is 0 Å². The lowest BCUT2D eigenvalue weighted by Crippen LogP contribution is -2.19. The number of rotatable bonds is 4. The van der Waals surface area contributed by atoms with Crippen LogP contribution in [0, 0.1) is 6.92 Å². The number of benzene rings is 3. The number of H-pyrrole nitrogens is 1. The molecule has 4 rings (SSSR count). The van der Waals surface area contributed by atoms with Crippen molar-refractivity contribution in [1.29, 1.82) is 0 Å². The number of urea groups is 1. The fourth-order valence-electron chi connectivity index (χ4n) is 2.94. The summed E-state index contributed by atoms with van der Waals surface area (Å²) in [5, 5.41) is 6.72. The summed E-state index contributed by atoms with van der Waals surface area (Å²) in [5.41, 5.74) is 3.37. The third-order valence-corrected chi connectivity index (χ3v) is 4.25. The van der Waals surface area contributed by atoms with E-state index in [1.807, 2.05) is 85.9 Å². The average Bonchev–Trinajstić information content (AvgIpc) is 3.15. The molecule has 0 saturated carbocycles. The molecule has 0 radical (unpaired) electrons. The summed E-state index contributed by atoms with van der Waals surface area (Å²) < 4.78 is 5.87. The zero-order valence-corrected chi connectivity index (χ0v) is 14.8. The van der Waals surface area contributed by atoms with Gasteiger partial charge in [-0.3, -0.25) is 0 Å². The number of fused-ring (bicyclic) bond motifs is 1. The monoisotopic (exact) mass is 357 g/mol. The molecule has 2 amide bonds. The van der Waals surface area contributed by atoms with Crippen molar-refractivity contribution in [2.75, 3.05) is 10.6 Å². The highest BCUT2D eigenvalue weighted by atomic mass is 16.5. The van der Waals surface area contributed by atoms with Crippen molar-refractivity contribution in [3.8, 4) is 11.5 Å². The number of aromatic amines is 1. The van der Waals surface area contributed by atoms with Gasteiger partial charge in [0, 0.05) is 22.8 Å². The maximum Gasteiger partial charge on any atom is 0.323 e. The molecule has 27 heavy (non-hydrogen) atoms. The summed E-state index contributed by atoms with van der Waals surface area (Å²) in [7, 11) is 0. The second-order valence-electron chi connectivity index (χ2n) is 6.22. The summed E-state index contributed by atoms with van der Waals surface area (Å²) in [6, 6.07) is 22.5. The first-order chi connectivity index (χ1) is 13.2. The molecule has 0 aliphatic heterocycles. The van der Waals surface area contributed by atoms with Crippen LogP contribution in [0.3, 0.4) is 0 Å². The number of amides is 2. The van der Waals surface area contributed by atoms with E-state index in [0.29, 0.717) is 5.69 Å². The zero-order chi connectivity index (χ0) is 18.6. The largest absolute Gasteiger partial charge is 0.457 e. The van der Waals surface area contributed by atoms with Gasteiger partial charge in [-0.1, -0.05) is 24.3 Å². The van der Waals surface area contributed by atoms with Crippen molar-refractivity contribution in [3.05, 3.63) is 84.6 Å². The van der Waals surface area contributed by atoms with Crippen LogP contribution < -0.4 is 15.4 Å². The fourth-order valence-corrected chi connectivity index (χ4v) is 2.94. The Balaban J connectivity index is 1.45. The summed E-state index contributed by atoms with van der Waals surface area (Å²) in [6.45, 7) is 1.95. The molecule has 0 bridgehead atoms. The van der Waals surface area contributed by atoms with Gasteiger partial charge < -0.3 is 20.4 Å². The summed E-state index contributed by atoms with van der Waals surface area (Å²) in [4.78, 5) is 15.5. The Hall–Kier alpha value is -3.73. The highest BCUT2D eigenvalue weighted by molar-refractivity contribution is 6.05. The Bertz CT molecular complexity index is 1090. The van der Waals surface area contributed by atoms with E-state index in [-0.39, 0.29) is 6.03 Å². The van der Waals surface area contributed by atoms with Gasteiger partial charge in [0.05, 0.1) is 5.69 Å². The second-order valence-corrected chi connectivity index (χ2v) is 6.22. The molecule has 0 aliphatic carbocycles. The van der Waals surface area contributed by atoms with Crippen LogP contribution in [0.25, 0.3) is 10.9 Å². The minimum atomic E-state index is -0.292. The lowest BCUT2D eigenvalue weighted by atomic mass is 10.2. The quantitative estimate of drug-likeness (QED) is 0.425. The Morgan fingerprint density at radius 1 is 0.926 bits per heavy atom. The van der Waals surface area contributed by atoms with Gasteiger partial charge in [-0.2, -0.15) is 0 Å². The molecule has 5 heteroatoms. The van der Waals surface area contributed by atoms with Gasteiger partial charge in [-0.25, -0.2) is 4.79 Å². The van der Waals surface area contributed by atoms with Crippen LogP contribution in [0.1, 0.15) is 5.56 Å². The van der Waals surface area contributed by atoms with E-state index in [9.17, 15) is 4.79 Å². The van der Waals surface area contributed by atoms with E-state index < -0.39 is 0 Å². The fraction of sp³-hybridized carbons (Fsp3) is 0.0455. The van der Waals surface area contributed by atoms with Gasteiger partial charge >= 0.3 is 6.03 Å². The van der Waals surface area contributed by atoms with Crippen LogP contribution >= 0.6 is 0 Å². The first kappa shape index (κ1) is 16.7. The SMILES string of the molecule is Cc1cc(NC(=O)Nc2cccc3[nH]ccc23)ccc1Oc1ccccc1. The number of nitrogens with one attached hydrogen (secondary N) is 3. The number of aryl methyl sites for hydroxylation is 1. The zero-order valence-electron chi connectivity index (χ0n) is 14.8. The Labute approximate surface area is 157 Å². The van der Waals surface area contributed by atoms with Crippen molar-refractivity contribution < 1.29 is 9.53 Å². The lowest BCUT2D eigenvalue weighted by molar-refractivity contribution is 0.262. The average molecular weight is 357 g/mol. The summed E-state index contributed by atoms with van der Waals surface area (Å²) in [5.74, 6) is 1.53. The van der Waals surface area contributed by atoms with Gasteiger partial charge in [0.15, 0.2) is 0 Å².